The molecule has 0 aromatic heterocycles. The lowest BCUT2D eigenvalue weighted by Crippen LogP contribution is -2.52. The quantitative estimate of drug-likeness (QED) is 0.201. The first-order chi connectivity index (χ1) is 19.8. The minimum atomic E-state index is -1.18. The summed E-state index contributed by atoms with van der Waals surface area (Å²) < 4.78 is 17.0. The fourth-order valence-corrected chi connectivity index (χ4v) is 4.07. The Morgan fingerprint density at radius 1 is 0.860 bits per heavy atom. The van der Waals surface area contributed by atoms with E-state index in [9.17, 15) is 24.0 Å². The Morgan fingerprint density at radius 3 is 1.98 bits per heavy atom. The molecule has 0 aliphatic carbocycles. The number of nitrogens with zero attached hydrogens (tertiary/aromatic N) is 1. The molecule has 1 aromatic rings. The minimum Gasteiger partial charge on any atom is -0.464 e. The largest absolute Gasteiger partial charge is 0.464 e. The van der Waals surface area contributed by atoms with Crippen molar-refractivity contribution in [3.8, 4) is 0 Å². The molecule has 11 nitrogen and oxygen atoms in total. The van der Waals surface area contributed by atoms with Gasteiger partial charge in [-0.25, -0.2) is 14.4 Å². The van der Waals surface area contributed by atoms with Gasteiger partial charge in [0.2, 0.25) is 5.91 Å². The van der Waals surface area contributed by atoms with Gasteiger partial charge in [0.25, 0.3) is 0 Å². The number of esters is 3. The zero-order valence-electron chi connectivity index (χ0n) is 26.9. The van der Waals surface area contributed by atoms with Gasteiger partial charge in [0, 0.05) is 30.0 Å². The summed E-state index contributed by atoms with van der Waals surface area (Å²) in [6.07, 6.45) is 0.312. The molecule has 0 saturated heterocycles. The van der Waals surface area contributed by atoms with Crippen molar-refractivity contribution in [1.82, 2.24) is 10.6 Å². The van der Waals surface area contributed by atoms with Crippen LogP contribution in [-0.2, 0) is 33.4 Å². The lowest BCUT2D eigenvalue weighted by atomic mass is 10.1. The molecule has 1 rings (SSSR count). The third-order valence-corrected chi connectivity index (χ3v) is 6.15. The molecule has 0 aliphatic heterocycles. The van der Waals surface area contributed by atoms with Crippen LogP contribution in [0.25, 0.3) is 0 Å². The predicted octanol–water partition coefficient (Wildman–Crippen LogP) is 5.28. The first-order valence-corrected chi connectivity index (χ1v) is 15.3. The van der Waals surface area contributed by atoms with Crippen LogP contribution < -0.4 is 15.5 Å². The maximum atomic E-state index is 13.0. The number of hydrogen-bond donors (Lipinski definition) is 2. The number of urea groups is 1. The van der Waals surface area contributed by atoms with Crippen LogP contribution in [0.3, 0.4) is 0 Å². The third kappa shape index (κ3) is 16.3. The number of rotatable bonds is 14. The standard InChI is InChI=1S/C31H48BrN3O8/c1-20(2)19-41-27(38)23(14-11-15-25(36)35(9)22-13-10-12-21(32)18-22)33-29(40)34-24(28(39)43-31(6,7)8)16-17-26(37)42-30(3,4)5/h10,12-13,18,20,23-24H,11,14-17,19H2,1-9H3,(H2,33,34,40)/t23-,24?/m0/s1. The normalized spacial score (nSPS) is 13.0. The fraction of sp³-hybridized carbons (Fsp3) is 0.645. The van der Waals surface area contributed by atoms with Gasteiger partial charge in [-0.1, -0.05) is 35.8 Å². The third-order valence-electron chi connectivity index (χ3n) is 5.66. The Balaban J connectivity index is 2.95. The van der Waals surface area contributed by atoms with E-state index in [0.29, 0.717) is 5.69 Å². The highest BCUT2D eigenvalue weighted by atomic mass is 79.9. The molecule has 2 atom stereocenters. The van der Waals surface area contributed by atoms with Crippen LogP contribution in [0.1, 0.15) is 87.5 Å². The Morgan fingerprint density at radius 2 is 1.44 bits per heavy atom. The summed E-state index contributed by atoms with van der Waals surface area (Å²) in [7, 11) is 1.66. The Kier molecular flexibility index (Phi) is 15.2. The average Bonchev–Trinajstić information content (AvgIpc) is 2.86. The zero-order chi connectivity index (χ0) is 33.0. The highest BCUT2D eigenvalue weighted by Crippen LogP contribution is 2.20. The summed E-state index contributed by atoms with van der Waals surface area (Å²) in [6.45, 7) is 14.2. The van der Waals surface area contributed by atoms with Crippen LogP contribution >= 0.6 is 15.9 Å². The lowest BCUT2D eigenvalue weighted by Gasteiger charge is -2.26. The van der Waals surface area contributed by atoms with Crippen molar-refractivity contribution in [3.63, 3.8) is 0 Å². The minimum absolute atomic E-state index is 0.0725. The van der Waals surface area contributed by atoms with E-state index in [2.05, 4.69) is 26.6 Å². The summed E-state index contributed by atoms with van der Waals surface area (Å²) in [4.78, 5) is 65.4. The summed E-state index contributed by atoms with van der Waals surface area (Å²) >= 11 is 3.40. The smallest absolute Gasteiger partial charge is 0.329 e. The van der Waals surface area contributed by atoms with Crippen molar-refractivity contribution < 1.29 is 38.2 Å². The van der Waals surface area contributed by atoms with E-state index < -0.39 is 47.2 Å². The molecule has 0 saturated carbocycles. The van der Waals surface area contributed by atoms with E-state index in [4.69, 9.17) is 14.2 Å². The van der Waals surface area contributed by atoms with E-state index in [0.717, 1.165) is 4.47 Å². The number of carbonyl (C=O) groups excluding carboxylic acids is 5. The van der Waals surface area contributed by atoms with Gasteiger partial charge >= 0.3 is 23.9 Å². The highest BCUT2D eigenvalue weighted by Gasteiger charge is 2.30. The van der Waals surface area contributed by atoms with Crippen LogP contribution in [0.15, 0.2) is 28.7 Å². The zero-order valence-corrected chi connectivity index (χ0v) is 28.5. The Labute approximate surface area is 263 Å². The van der Waals surface area contributed by atoms with Gasteiger partial charge in [-0.05, 0) is 84.9 Å². The number of amides is 3. The van der Waals surface area contributed by atoms with E-state index in [1.165, 1.54) is 4.90 Å². The fourth-order valence-electron chi connectivity index (χ4n) is 3.69. The molecule has 1 unspecified atom stereocenters. The van der Waals surface area contributed by atoms with Crippen LogP contribution in [0.5, 0.6) is 0 Å². The van der Waals surface area contributed by atoms with Gasteiger partial charge in [-0.15, -0.1) is 0 Å². The topological polar surface area (TPSA) is 140 Å². The molecule has 0 aliphatic rings. The van der Waals surface area contributed by atoms with E-state index in [1.54, 1.807) is 48.6 Å². The van der Waals surface area contributed by atoms with Gasteiger partial charge in [-0.2, -0.15) is 0 Å². The molecular formula is C31H48BrN3O8. The Hall–Kier alpha value is -3.15. The maximum absolute atomic E-state index is 13.0. The highest BCUT2D eigenvalue weighted by molar-refractivity contribution is 9.10. The van der Waals surface area contributed by atoms with E-state index >= 15 is 0 Å². The second-order valence-corrected chi connectivity index (χ2v) is 13.6. The van der Waals surface area contributed by atoms with Crippen molar-refractivity contribution in [3.05, 3.63) is 28.7 Å². The first kappa shape index (κ1) is 37.9. The number of anilines is 1. The number of ether oxygens (including phenoxy) is 3. The maximum Gasteiger partial charge on any atom is 0.329 e. The molecule has 43 heavy (non-hydrogen) atoms. The molecular weight excluding hydrogens is 622 g/mol. The van der Waals surface area contributed by atoms with Crippen LogP contribution in [0.4, 0.5) is 10.5 Å². The molecule has 0 bridgehead atoms. The molecule has 12 heteroatoms. The SMILES string of the molecule is CC(C)COC(=O)[C@H](CCCC(=O)N(C)c1cccc(Br)c1)NC(=O)NC(CCC(=O)OC(C)(C)C)C(=O)OC(C)(C)C. The van der Waals surface area contributed by atoms with Crippen LogP contribution in [0.2, 0.25) is 0 Å². The Bertz CT molecular complexity index is 1110. The second-order valence-electron chi connectivity index (χ2n) is 12.7. The number of carbonyl (C=O) groups is 5. The van der Waals surface area contributed by atoms with E-state index in [1.807, 2.05) is 38.1 Å². The number of benzene rings is 1. The van der Waals surface area contributed by atoms with Crippen molar-refractivity contribution in [1.29, 1.82) is 0 Å². The lowest BCUT2D eigenvalue weighted by molar-refractivity contribution is -0.158. The van der Waals surface area contributed by atoms with Gasteiger partial charge in [0.1, 0.15) is 23.3 Å². The molecule has 0 spiro atoms. The van der Waals surface area contributed by atoms with Gasteiger partial charge in [0.15, 0.2) is 0 Å². The number of hydrogen-bond acceptors (Lipinski definition) is 8. The van der Waals surface area contributed by atoms with Crippen molar-refractivity contribution in [2.45, 2.75) is 111 Å². The summed E-state index contributed by atoms with van der Waals surface area (Å²) in [5, 5.41) is 5.11. The number of halogens is 1. The van der Waals surface area contributed by atoms with Gasteiger partial charge in [0.05, 0.1) is 6.61 Å². The molecule has 0 heterocycles. The molecule has 2 N–H and O–H groups in total. The molecule has 1 aromatic carbocycles. The summed E-state index contributed by atoms with van der Waals surface area (Å²) in [5.41, 5.74) is -0.830. The number of nitrogens with one attached hydrogen (secondary N) is 2. The van der Waals surface area contributed by atoms with Crippen molar-refractivity contribution in [2.75, 3.05) is 18.6 Å². The monoisotopic (exact) mass is 669 g/mol. The van der Waals surface area contributed by atoms with Crippen LogP contribution in [-0.4, -0.2) is 66.8 Å². The van der Waals surface area contributed by atoms with Crippen LogP contribution in [0, 0.1) is 5.92 Å². The van der Waals surface area contributed by atoms with E-state index in [-0.39, 0.29) is 50.5 Å². The summed E-state index contributed by atoms with van der Waals surface area (Å²) in [5.74, 6) is -2.01. The molecule has 0 fully saturated rings. The van der Waals surface area contributed by atoms with Crippen molar-refractivity contribution in [2.24, 2.45) is 5.92 Å². The van der Waals surface area contributed by atoms with Gasteiger partial charge < -0.3 is 29.7 Å². The molecule has 0 radical (unpaired) electrons. The van der Waals surface area contributed by atoms with Gasteiger partial charge in [-0.3, -0.25) is 9.59 Å². The molecule has 242 valence electrons. The predicted molar refractivity (Wildman–Crippen MR) is 167 cm³/mol. The van der Waals surface area contributed by atoms with Crippen molar-refractivity contribution >= 4 is 51.5 Å². The molecule has 3 amide bonds. The average molecular weight is 671 g/mol. The first-order valence-electron chi connectivity index (χ1n) is 14.5. The summed E-state index contributed by atoms with van der Waals surface area (Å²) in [6, 6.07) is 4.24. The second kappa shape index (κ2) is 17.2.